The number of aliphatic carboxylic acids is 1. The minimum absolute atomic E-state index is 0.0254. The number of nitrogens with one attached hydrogen (secondary N) is 1. The molecular formula is C31H25ClF4N4O6. The number of fused-ring (bicyclic) bond motifs is 4. The predicted molar refractivity (Wildman–Crippen MR) is 159 cm³/mol. The average molecular weight is 661 g/mol. The van der Waals surface area contributed by atoms with Gasteiger partial charge < -0.3 is 15.5 Å². The molecule has 0 aliphatic carbocycles. The summed E-state index contributed by atoms with van der Waals surface area (Å²) in [5.74, 6) is -4.86. The van der Waals surface area contributed by atoms with Gasteiger partial charge in [0.05, 0.1) is 29.3 Å². The van der Waals surface area contributed by atoms with Gasteiger partial charge in [0, 0.05) is 40.0 Å². The largest absolute Gasteiger partial charge is 0.490 e. The Labute approximate surface area is 263 Å². The van der Waals surface area contributed by atoms with Crippen LogP contribution in [0, 0.1) is 11.7 Å². The summed E-state index contributed by atoms with van der Waals surface area (Å²) < 4.78 is 47.4. The van der Waals surface area contributed by atoms with Gasteiger partial charge in [-0.2, -0.15) is 13.2 Å². The number of pyridine rings is 1. The fourth-order valence-electron chi connectivity index (χ4n) is 4.80. The van der Waals surface area contributed by atoms with Gasteiger partial charge in [0.2, 0.25) is 5.91 Å². The first-order valence-corrected chi connectivity index (χ1v) is 14.0. The molecule has 2 bridgehead atoms. The number of anilines is 1. The van der Waals surface area contributed by atoms with Crippen molar-refractivity contribution in [1.82, 2.24) is 14.5 Å². The highest BCUT2D eigenvalue weighted by molar-refractivity contribution is 6.31. The van der Waals surface area contributed by atoms with Gasteiger partial charge in [0.25, 0.3) is 5.56 Å². The molecule has 0 saturated carbocycles. The van der Waals surface area contributed by atoms with E-state index in [-0.39, 0.29) is 28.6 Å². The van der Waals surface area contributed by atoms with E-state index in [2.05, 4.69) is 15.3 Å². The number of carboxylic acid groups (broad SMARTS) is 2. The third-order valence-corrected chi connectivity index (χ3v) is 7.37. The van der Waals surface area contributed by atoms with E-state index in [9.17, 15) is 37.1 Å². The number of amides is 1. The van der Waals surface area contributed by atoms with E-state index in [1.807, 2.05) is 6.92 Å². The van der Waals surface area contributed by atoms with Crippen LogP contribution >= 0.6 is 11.6 Å². The summed E-state index contributed by atoms with van der Waals surface area (Å²) in [6.07, 6.45) is -0.460. The van der Waals surface area contributed by atoms with E-state index in [0.717, 1.165) is 0 Å². The number of carbonyl (C=O) groups excluding carboxylic acids is 1. The Morgan fingerprint density at radius 2 is 1.70 bits per heavy atom. The van der Waals surface area contributed by atoms with Gasteiger partial charge in [0.1, 0.15) is 5.82 Å². The van der Waals surface area contributed by atoms with E-state index in [4.69, 9.17) is 21.5 Å². The Balaban J connectivity index is 0.000000617. The van der Waals surface area contributed by atoms with E-state index in [1.54, 1.807) is 18.3 Å². The topological polar surface area (TPSA) is 151 Å². The Kier molecular flexibility index (Phi) is 10.2. The third kappa shape index (κ3) is 7.93. The van der Waals surface area contributed by atoms with Gasteiger partial charge in [-0.1, -0.05) is 24.9 Å². The fraction of sp³-hybridized carbons (Fsp3) is 0.226. The highest BCUT2D eigenvalue weighted by Gasteiger charge is 2.38. The van der Waals surface area contributed by atoms with Gasteiger partial charge in [-0.3, -0.25) is 19.1 Å². The SMILES string of the molecule is C[C@@H]1CCC[C@H](n2cnc(-c3cc(Cl)ccc3C(=O)O)cc2=O)c2cc(ccn2)-c2cc(F)ccc2NC1=O.O=C(O)C(F)(F)F. The zero-order valence-electron chi connectivity index (χ0n) is 23.9. The van der Waals surface area contributed by atoms with Crippen molar-refractivity contribution in [3.63, 3.8) is 0 Å². The van der Waals surface area contributed by atoms with Crippen molar-refractivity contribution >= 4 is 35.1 Å². The second-order valence-corrected chi connectivity index (χ2v) is 10.8. The van der Waals surface area contributed by atoms with Crippen LogP contribution in [0.2, 0.25) is 5.02 Å². The summed E-state index contributed by atoms with van der Waals surface area (Å²) in [4.78, 5) is 55.8. The molecule has 2 atom stereocenters. The summed E-state index contributed by atoms with van der Waals surface area (Å²) in [7, 11) is 0. The lowest BCUT2D eigenvalue weighted by atomic mass is 9.95. The van der Waals surface area contributed by atoms with Crippen LogP contribution in [0.25, 0.3) is 22.4 Å². The molecule has 0 fully saturated rings. The maximum atomic E-state index is 14.2. The van der Waals surface area contributed by atoms with Crippen LogP contribution in [0.5, 0.6) is 0 Å². The van der Waals surface area contributed by atoms with Crippen LogP contribution in [-0.2, 0) is 9.59 Å². The minimum atomic E-state index is -5.08. The van der Waals surface area contributed by atoms with Crippen molar-refractivity contribution in [3.8, 4) is 22.4 Å². The molecule has 10 nitrogen and oxygen atoms in total. The number of benzene rings is 2. The maximum Gasteiger partial charge on any atom is 0.490 e. The predicted octanol–water partition coefficient (Wildman–Crippen LogP) is 6.44. The molecule has 0 spiro atoms. The molecule has 15 heteroatoms. The molecule has 2 aromatic heterocycles. The maximum absolute atomic E-state index is 14.2. The van der Waals surface area contributed by atoms with Gasteiger partial charge in [0.15, 0.2) is 0 Å². The van der Waals surface area contributed by atoms with Crippen LogP contribution in [-0.4, -0.2) is 48.8 Å². The molecule has 0 unspecified atom stereocenters. The molecule has 1 aliphatic heterocycles. The average Bonchev–Trinajstić information content (AvgIpc) is 2.99. The van der Waals surface area contributed by atoms with Crippen LogP contribution in [0.1, 0.15) is 48.3 Å². The number of hydrogen-bond acceptors (Lipinski definition) is 6. The summed E-state index contributed by atoms with van der Waals surface area (Å²) in [5.41, 5.74) is 2.18. The van der Waals surface area contributed by atoms with E-state index in [1.165, 1.54) is 53.4 Å². The van der Waals surface area contributed by atoms with Crippen molar-refractivity contribution in [1.29, 1.82) is 0 Å². The van der Waals surface area contributed by atoms with Crippen molar-refractivity contribution < 1.29 is 42.2 Å². The lowest BCUT2D eigenvalue weighted by molar-refractivity contribution is -0.192. The Hall–Kier alpha value is -5.11. The smallest absolute Gasteiger partial charge is 0.478 e. The first kappa shape index (κ1) is 33.8. The molecule has 46 heavy (non-hydrogen) atoms. The molecule has 5 rings (SSSR count). The summed E-state index contributed by atoms with van der Waals surface area (Å²) >= 11 is 6.09. The number of hydrogen-bond donors (Lipinski definition) is 3. The van der Waals surface area contributed by atoms with E-state index >= 15 is 0 Å². The van der Waals surface area contributed by atoms with Gasteiger partial charge in [-0.05, 0) is 66.9 Å². The van der Waals surface area contributed by atoms with Crippen LogP contribution in [0.3, 0.4) is 0 Å². The molecule has 0 radical (unpaired) electrons. The normalized spacial score (nSPS) is 16.4. The molecule has 1 aliphatic rings. The number of aromatic carboxylic acids is 1. The number of carboxylic acids is 2. The minimum Gasteiger partial charge on any atom is -0.478 e. The number of alkyl halides is 3. The Morgan fingerprint density at radius 1 is 0.978 bits per heavy atom. The van der Waals surface area contributed by atoms with Crippen molar-refractivity contribution in [3.05, 3.63) is 99.6 Å². The molecule has 240 valence electrons. The van der Waals surface area contributed by atoms with Crippen molar-refractivity contribution in [2.45, 2.75) is 38.4 Å². The number of carbonyl (C=O) groups is 3. The zero-order chi connectivity index (χ0) is 33.8. The van der Waals surface area contributed by atoms with Gasteiger partial charge >= 0.3 is 18.1 Å². The number of rotatable bonds is 3. The summed E-state index contributed by atoms with van der Waals surface area (Å²) in [6, 6.07) is 12.7. The fourth-order valence-corrected chi connectivity index (χ4v) is 4.97. The summed E-state index contributed by atoms with van der Waals surface area (Å²) in [5, 5.41) is 19.9. The second kappa shape index (κ2) is 13.9. The van der Waals surface area contributed by atoms with Crippen LogP contribution in [0.15, 0.2) is 71.9 Å². The molecule has 1 amide bonds. The second-order valence-electron chi connectivity index (χ2n) is 10.3. The van der Waals surface area contributed by atoms with E-state index < -0.39 is 35.5 Å². The quantitative estimate of drug-likeness (QED) is 0.212. The highest BCUT2D eigenvalue weighted by atomic mass is 35.5. The number of halogens is 5. The lowest BCUT2D eigenvalue weighted by Crippen LogP contribution is -2.27. The van der Waals surface area contributed by atoms with E-state index in [0.29, 0.717) is 46.8 Å². The standard InChI is InChI=1S/C29H24ClFN4O4.C2HF3O2/c1-16-3-2-4-26(25-11-17(9-10-32-25)21-13-19(31)6-8-23(21)34-28(16)37)35-15-33-24(14-27(35)36)22-12-18(30)5-7-20(22)29(38)39;3-2(4,5)1(6)7/h5-16,26H,2-4H2,1H3,(H,34,37)(H,38,39);(H,6,7)/t16-,26+;/m1./s1. The van der Waals surface area contributed by atoms with Gasteiger partial charge in [-0.25, -0.2) is 19.0 Å². The zero-order valence-corrected chi connectivity index (χ0v) is 24.6. The molecule has 2 aromatic carbocycles. The molecule has 0 saturated heterocycles. The van der Waals surface area contributed by atoms with Crippen LogP contribution in [0.4, 0.5) is 23.2 Å². The lowest BCUT2D eigenvalue weighted by Gasteiger charge is -2.23. The Morgan fingerprint density at radius 3 is 2.35 bits per heavy atom. The highest BCUT2D eigenvalue weighted by Crippen LogP contribution is 2.33. The first-order valence-electron chi connectivity index (χ1n) is 13.6. The molecule has 3 heterocycles. The summed E-state index contributed by atoms with van der Waals surface area (Å²) in [6.45, 7) is 1.82. The first-order chi connectivity index (χ1) is 21.6. The van der Waals surface area contributed by atoms with Crippen molar-refractivity contribution in [2.75, 3.05) is 5.32 Å². The molecule has 3 N–H and O–H groups in total. The molecular weight excluding hydrogens is 636 g/mol. The number of aromatic nitrogens is 3. The van der Waals surface area contributed by atoms with Gasteiger partial charge in [-0.15, -0.1) is 0 Å². The third-order valence-electron chi connectivity index (χ3n) is 7.14. The molecule has 4 aromatic rings. The monoisotopic (exact) mass is 660 g/mol. The van der Waals surface area contributed by atoms with Crippen LogP contribution < -0.4 is 10.9 Å². The Bertz CT molecular complexity index is 1860. The number of nitrogens with zero attached hydrogens (tertiary/aromatic N) is 3. The van der Waals surface area contributed by atoms with Crippen molar-refractivity contribution in [2.24, 2.45) is 5.92 Å².